The lowest BCUT2D eigenvalue weighted by Gasteiger charge is -2.26. The molecular formula is C21H37IN4O2. The van der Waals surface area contributed by atoms with E-state index in [0.717, 1.165) is 63.2 Å². The second-order valence-electron chi connectivity index (χ2n) is 6.90. The van der Waals surface area contributed by atoms with Gasteiger partial charge in [-0.25, -0.2) is 4.99 Å². The number of rotatable bonds is 10. The topological polar surface area (TPSA) is 49.3 Å². The maximum Gasteiger partial charge on any atom is 0.193 e. The first-order valence-electron chi connectivity index (χ1n) is 10.2. The summed E-state index contributed by atoms with van der Waals surface area (Å²) in [6.07, 6.45) is 2.36. The van der Waals surface area contributed by atoms with E-state index in [1.165, 1.54) is 12.8 Å². The van der Waals surface area contributed by atoms with Crippen molar-refractivity contribution in [1.82, 2.24) is 15.1 Å². The molecule has 1 heterocycles. The van der Waals surface area contributed by atoms with Gasteiger partial charge in [-0.05, 0) is 31.0 Å². The number of ether oxygens (including phenoxy) is 2. The van der Waals surface area contributed by atoms with Gasteiger partial charge in [-0.1, -0.05) is 25.5 Å². The van der Waals surface area contributed by atoms with E-state index < -0.39 is 0 Å². The highest BCUT2D eigenvalue weighted by molar-refractivity contribution is 14.0. The highest BCUT2D eigenvalue weighted by atomic mass is 127. The highest BCUT2D eigenvalue weighted by Gasteiger charge is 2.10. The van der Waals surface area contributed by atoms with Crippen LogP contribution in [0.3, 0.4) is 0 Å². The molecular weight excluding hydrogens is 467 g/mol. The molecule has 0 amide bonds. The second-order valence-corrected chi connectivity index (χ2v) is 6.90. The highest BCUT2D eigenvalue weighted by Crippen LogP contribution is 2.14. The Kier molecular flexibility index (Phi) is 13.3. The van der Waals surface area contributed by atoms with Crippen molar-refractivity contribution in [3.05, 3.63) is 29.8 Å². The maximum atomic E-state index is 5.95. The number of benzene rings is 1. The van der Waals surface area contributed by atoms with Crippen LogP contribution in [0.5, 0.6) is 5.75 Å². The van der Waals surface area contributed by atoms with Gasteiger partial charge in [0.15, 0.2) is 5.96 Å². The molecule has 1 N–H and O–H groups in total. The van der Waals surface area contributed by atoms with Crippen LogP contribution in [0.4, 0.5) is 0 Å². The van der Waals surface area contributed by atoms with Gasteiger partial charge in [-0.2, -0.15) is 0 Å². The van der Waals surface area contributed by atoms with E-state index in [1.54, 1.807) is 0 Å². The summed E-state index contributed by atoms with van der Waals surface area (Å²) < 4.78 is 11.3. The first-order valence-corrected chi connectivity index (χ1v) is 10.2. The smallest absolute Gasteiger partial charge is 0.193 e. The average Bonchev–Trinajstić information content (AvgIpc) is 2.70. The van der Waals surface area contributed by atoms with E-state index >= 15 is 0 Å². The van der Waals surface area contributed by atoms with E-state index in [2.05, 4.69) is 48.1 Å². The van der Waals surface area contributed by atoms with Crippen LogP contribution in [0.15, 0.2) is 29.3 Å². The van der Waals surface area contributed by atoms with Crippen molar-refractivity contribution in [2.24, 2.45) is 4.99 Å². The molecule has 160 valence electrons. The average molecular weight is 504 g/mol. The lowest BCUT2D eigenvalue weighted by Crippen LogP contribution is -2.39. The van der Waals surface area contributed by atoms with Gasteiger partial charge in [0, 0.05) is 39.8 Å². The molecule has 0 aromatic heterocycles. The van der Waals surface area contributed by atoms with E-state index in [-0.39, 0.29) is 24.0 Å². The van der Waals surface area contributed by atoms with Gasteiger partial charge in [0.1, 0.15) is 12.4 Å². The Morgan fingerprint density at radius 3 is 2.79 bits per heavy atom. The summed E-state index contributed by atoms with van der Waals surface area (Å²) in [5.41, 5.74) is 1.16. The lowest BCUT2D eigenvalue weighted by atomic mass is 10.2. The molecule has 1 fully saturated rings. The predicted molar refractivity (Wildman–Crippen MR) is 127 cm³/mol. The minimum Gasteiger partial charge on any atom is -0.492 e. The minimum atomic E-state index is 0. The van der Waals surface area contributed by atoms with Crippen LogP contribution in [0.1, 0.15) is 32.3 Å². The van der Waals surface area contributed by atoms with Crippen molar-refractivity contribution >= 4 is 29.9 Å². The van der Waals surface area contributed by atoms with Crippen LogP contribution in [0.25, 0.3) is 0 Å². The molecule has 1 aliphatic heterocycles. The maximum absolute atomic E-state index is 5.95. The van der Waals surface area contributed by atoms with E-state index in [9.17, 15) is 0 Å². The number of aliphatic imine (C=N–C) groups is 1. The fraction of sp³-hybridized carbons (Fsp3) is 0.667. The number of hydrogen-bond acceptors (Lipinski definition) is 4. The van der Waals surface area contributed by atoms with Gasteiger partial charge in [0.05, 0.1) is 19.8 Å². The van der Waals surface area contributed by atoms with Gasteiger partial charge >= 0.3 is 0 Å². The lowest BCUT2D eigenvalue weighted by molar-refractivity contribution is 0.0322. The molecule has 0 saturated carbocycles. The van der Waals surface area contributed by atoms with Crippen molar-refractivity contribution < 1.29 is 9.47 Å². The number of hydrogen-bond donors (Lipinski definition) is 1. The molecule has 7 heteroatoms. The van der Waals surface area contributed by atoms with Gasteiger partial charge in [-0.15, -0.1) is 24.0 Å². The Morgan fingerprint density at radius 1 is 1.29 bits per heavy atom. The van der Waals surface area contributed by atoms with Gasteiger partial charge in [-0.3, -0.25) is 4.90 Å². The predicted octanol–water partition coefficient (Wildman–Crippen LogP) is 3.21. The third-order valence-electron chi connectivity index (χ3n) is 4.63. The summed E-state index contributed by atoms with van der Waals surface area (Å²) >= 11 is 0. The third kappa shape index (κ3) is 9.43. The van der Waals surface area contributed by atoms with Crippen molar-refractivity contribution in [3.63, 3.8) is 0 Å². The van der Waals surface area contributed by atoms with E-state index in [0.29, 0.717) is 13.2 Å². The van der Waals surface area contributed by atoms with Crippen LogP contribution >= 0.6 is 24.0 Å². The zero-order valence-corrected chi connectivity index (χ0v) is 20.0. The van der Waals surface area contributed by atoms with Crippen LogP contribution in [-0.4, -0.2) is 75.4 Å². The number of nitrogens with one attached hydrogen (secondary N) is 1. The molecule has 0 spiro atoms. The fourth-order valence-corrected chi connectivity index (χ4v) is 2.99. The first kappa shape index (κ1) is 25.0. The SMILES string of the molecule is CCCCN(C)C(=NCc1cccc(OCCN2CCOCC2)c1)NCC.I. The van der Waals surface area contributed by atoms with Crippen LogP contribution < -0.4 is 10.1 Å². The van der Waals surface area contributed by atoms with E-state index in [1.807, 2.05) is 12.1 Å². The molecule has 2 rings (SSSR count). The molecule has 28 heavy (non-hydrogen) atoms. The molecule has 1 saturated heterocycles. The molecule has 0 atom stereocenters. The number of unbranched alkanes of at least 4 members (excludes halogenated alkanes) is 1. The monoisotopic (exact) mass is 504 g/mol. The molecule has 0 aliphatic carbocycles. The Labute approximate surface area is 187 Å². The second kappa shape index (κ2) is 14.9. The fourth-order valence-electron chi connectivity index (χ4n) is 2.99. The van der Waals surface area contributed by atoms with Crippen LogP contribution in [0.2, 0.25) is 0 Å². The normalized spacial score (nSPS) is 15.0. The van der Waals surface area contributed by atoms with Crippen LogP contribution in [0, 0.1) is 0 Å². The largest absolute Gasteiger partial charge is 0.492 e. The molecule has 0 bridgehead atoms. The van der Waals surface area contributed by atoms with Crippen LogP contribution in [-0.2, 0) is 11.3 Å². The zero-order chi connectivity index (χ0) is 19.3. The van der Waals surface area contributed by atoms with E-state index in [4.69, 9.17) is 14.5 Å². The summed E-state index contributed by atoms with van der Waals surface area (Å²) in [7, 11) is 2.10. The van der Waals surface area contributed by atoms with Crippen molar-refractivity contribution in [2.45, 2.75) is 33.2 Å². The number of nitrogens with zero attached hydrogens (tertiary/aromatic N) is 3. The number of halogens is 1. The third-order valence-corrected chi connectivity index (χ3v) is 4.63. The Balaban J connectivity index is 0.00000392. The van der Waals surface area contributed by atoms with Gasteiger partial charge in [0.2, 0.25) is 0 Å². The number of guanidine groups is 1. The first-order chi connectivity index (χ1) is 13.2. The minimum absolute atomic E-state index is 0. The molecule has 1 aromatic rings. The Bertz CT molecular complexity index is 565. The molecule has 0 radical (unpaired) electrons. The molecule has 1 aliphatic rings. The Morgan fingerprint density at radius 2 is 2.07 bits per heavy atom. The molecule has 6 nitrogen and oxygen atoms in total. The van der Waals surface area contributed by atoms with Crippen molar-refractivity contribution in [3.8, 4) is 5.75 Å². The summed E-state index contributed by atoms with van der Waals surface area (Å²) in [5.74, 6) is 1.88. The quantitative estimate of drug-likeness (QED) is 0.301. The summed E-state index contributed by atoms with van der Waals surface area (Å²) in [4.78, 5) is 9.37. The zero-order valence-electron chi connectivity index (χ0n) is 17.7. The molecule has 1 aromatic carbocycles. The summed E-state index contributed by atoms with van der Waals surface area (Å²) in [6.45, 7) is 12.2. The van der Waals surface area contributed by atoms with Gasteiger partial charge < -0.3 is 19.7 Å². The Hall–Kier alpha value is -1.06. The summed E-state index contributed by atoms with van der Waals surface area (Å²) in [5, 5.41) is 3.38. The van der Waals surface area contributed by atoms with Crippen molar-refractivity contribution in [2.75, 3.05) is 59.6 Å². The van der Waals surface area contributed by atoms with Crippen molar-refractivity contribution in [1.29, 1.82) is 0 Å². The standard InChI is InChI=1S/C21H36N4O2.HI/c1-4-6-10-24(3)21(22-5-2)23-18-19-8-7-9-20(17-19)27-16-13-25-11-14-26-15-12-25;/h7-9,17H,4-6,10-16,18H2,1-3H3,(H,22,23);1H. The van der Waals surface area contributed by atoms with Gasteiger partial charge in [0.25, 0.3) is 0 Å². The number of morpholine rings is 1. The summed E-state index contributed by atoms with van der Waals surface area (Å²) in [6, 6.07) is 8.26. The molecule has 0 unspecified atom stereocenters.